The number of rotatable bonds is 9. The first kappa shape index (κ1) is 21.2. The summed E-state index contributed by atoms with van der Waals surface area (Å²) in [4.78, 5) is 12.2. The lowest BCUT2D eigenvalue weighted by molar-refractivity contribution is -0.119. The van der Waals surface area contributed by atoms with E-state index in [1.807, 2.05) is 25.1 Å². The van der Waals surface area contributed by atoms with Crippen molar-refractivity contribution in [1.82, 2.24) is 20.2 Å². The van der Waals surface area contributed by atoms with Gasteiger partial charge in [-0.25, -0.2) is 4.68 Å². The Balaban J connectivity index is 1.59. The highest BCUT2D eigenvalue weighted by Crippen LogP contribution is 2.22. The Morgan fingerprint density at radius 3 is 2.66 bits per heavy atom. The van der Waals surface area contributed by atoms with E-state index in [4.69, 9.17) is 5.84 Å². The number of nitrogen functional groups attached to an aromatic ring is 1. The molecule has 2 aromatic carbocycles. The van der Waals surface area contributed by atoms with Crippen molar-refractivity contribution in [3.05, 3.63) is 53.9 Å². The highest BCUT2D eigenvalue weighted by atomic mass is 32.2. The third-order valence-corrected chi connectivity index (χ3v) is 5.82. The number of aromatic nitrogens is 3. The Bertz CT molecular complexity index is 963. The predicted molar refractivity (Wildman–Crippen MR) is 119 cm³/mol. The molecule has 7 heteroatoms. The summed E-state index contributed by atoms with van der Waals surface area (Å²) < 4.78 is 1.49. The monoisotopic (exact) mass is 411 g/mol. The van der Waals surface area contributed by atoms with E-state index in [-0.39, 0.29) is 17.7 Å². The minimum Gasteiger partial charge on any atom is -0.353 e. The summed E-state index contributed by atoms with van der Waals surface area (Å²) in [5.41, 5.74) is 1.15. The molecule has 1 heterocycles. The fraction of sp³-hybridized carbons (Fsp3) is 0.409. The normalized spacial score (nSPS) is 12.4. The first-order valence-electron chi connectivity index (χ1n) is 10.0. The summed E-state index contributed by atoms with van der Waals surface area (Å²) in [6, 6.07) is 14.6. The van der Waals surface area contributed by atoms with E-state index in [0.717, 1.165) is 18.4 Å². The number of nitrogens with two attached hydrogens (primary N) is 1. The van der Waals surface area contributed by atoms with Crippen molar-refractivity contribution in [2.24, 2.45) is 5.92 Å². The van der Waals surface area contributed by atoms with Crippen LogP contribution in [-0.4, -0.2) is 32.6 Å². The summed E-state index contributed by atoms with van der Waals surface area (Å²) >= 11 is 1.31. The number of amides is 1. The average molecular weight is 412 g/mol. The number of carbonyl (C=O) groups excluding carboxylic acids is 1. The first-order valence-corrected chi connectivity index (χ1v) is 11.0. The van der Waals surface area contributed by atoms with Gasteiger partial charge in [-0.15, -0.1) is 10.2 Å². The van der Waals surface area contributed by atoms with Crippen LogP contribution in [0.5, 0.6) is 0 Å². The van der Waals surface area contributed by atoms with E-state index < -0.39 is 0 Å². The van der Waals surface area contributed by atoms with Gasteiger partial charge in [-0.05, 0) is 42.0 Å². The fourth-order valence-electron chi connectivity index (χ4n) is 3.25. The van der Waals surface area contributed by atoms with Crippen LogP contribution in [0, 0.1) is 5.92 Å². The van der Waals surface area contributed by atoms with Crippen LogP contribution in [0.3, 0.4) is 0 Å². The lowest BCUT2D eigenvalue weighted by atomic mass is 10.0. The molecule has 0 radical (unpaired) electrons. The van der Waals surface area contributed by atoms with Crippen LogP contribution in [-0.2, 0) is 11.2 Å². The second-order valence-electron chi connectivity index (χ2n) is 7.81. The second kappa shape index (κ2) is 9.78. The smallest absolute Gasteiger partial charge is 0.230 e. The highest BCUT2D eigenvalue weighted by molar-refractivity contribution is 7.99. The Hall–Kier alpha value is -2.54. The van der Waals surface area contributed by atoms with Gasteiger partial charge in [0.2, 0.25) is 11.1 Å². The summed E-state index contributed by atoms with van der Waals surface area (Å²) in [5.74, 6) is 7.78. The van der Waals surface area contributed by atoms with Gasteiger partial charge in [0.05, 0.1) is 5.75 Å². The van der Waals surface area contributed by atoms with Crippen molar-refractivity contribution in [3.8, 4) is 0 Å². The van der Waals surface area contributed by atoms with Gasteiger partial charge in [0.25, 0.3) is 0 Å². The topological polar surface area (TPSA) is 85.8 Å². The maximum Gasteiger partial charge on any atom is 0.230 e. The number of nitrogens with one attached hydrogen (secondary N) is 1. The lowest BCUT2D eigenvalue weighted by Gasteiger charge is -2.14. The highest BCUT2D eigenvalue weighted by Gasteiger charge is 2.15. The minimum absolute atomic E-state index is 0.00939. The Morgan fingerprint density at radius 2 is 1.86 bits per heavy atom. The molecule has 0 fully saturated rings. The SMILES string of the molecule is CC(C)CC[C@@H](C)NC(=O)CSc1nnc(Cc2cccc3ccccc23)n1N. The molecule has 0 unspecified atom stereocenters. The average Bonchev–Trinajstić information content (AvgIpc) is 3.04. The van der Waals surface area contributed by atoms with Crippen molar-refractivity contribution in [2.45, 2.75) is 51.2 Å². The van der Waals surface area contributed by atoms with Crippen molar-refractivity contribution in [1.29, 1.82) is 0 Å². The van der Waals surface area contributed by atoms with Crippen LogP contribution >= 0.6 is 11.8 Å². The quantitative estimate of drug-likeness (QED) is 0.413. The molecule has 154 valence electrons. The number of fused-ring (bicyclic) bond motifs is 1. The Morgan fingerprint density at radius 1 is 1.10 bits per heavy atom. The van der Waals surface area contributed by atoms with Crippen LogP contribution < -0.4 is 11.2 Å². The summed E-state index contributed by atoms with van der Waals surface area (Å²) in [6.45, 7) is 6.42. The number of benzene rings is 2. The van der Waals surface area contributed by atoms with Crippen LogP contribution in [0.2, 0.25) is 0 Å². The summed E-state index contributed by atoms with van der Waals surface area (Å²) in [6.07, 6.45) is 2.67. The first-order chi connectivity index (χ1) is 13.9. The maximum absolute atomic E-state index is 12.2. The van der Waals surface area contributed by atoms with Crippen LogP contribution in [0.25, 0.3) is 10.8 Å². The molecular weight excluding hydrogens is 382 g/mol. The van der Waals surface area contributed by atoms with Gasteiger partial charge in [0.1, 0.15) is 0 Å². The van der Waals surface area contributed by atoms with Crippen molar-refractivity contribution < 1.29 is 4.79 Å². The molecular formula is C22H29N5OS. The molecule has 0 bridgehead atoms. The molecule has 1 atom stereocenters. The molecule has 0 saturated heterocycles. The zero-order valence-corrected chi connectivity index (χ0v) is 18.1. The van der Waals surface area contributed by atoms with Gasteiger partial charge in [-0.1, -0.05) is 68.1 Å². The molecule has 6 nitrogen and oxygen atoms in total. The van der Waals surface area contributed by atoms with E-state index in [0.29, 0.717) is 23.3 Å². The standard InChI is InChI=1S/C22H29N5OS/c1-15(2)11-12-16(3)24-21(28)14-29-22-26-25-20(27(22)23)13-18-9-6-8-17-7-4-5-10-19(17)18/h4-10,15-16H,11-14,23H2,1-3H3,(H,24,28)/t16-/m1/s1. The molecule has 29 heavy (non-hydrogen) atoms. The number of hydrogen-bond donors (Lipinski definition) is 2. The molecule has 0 spiro atoms. The van der Waals surface area contributed by atoms with Gasteiger partial charge in [-0.2, -0.15) is 0 Å². The molecule has 1 aromatic heterocycles. The Kier molecular flexibility index (Phi) is 7.14. The van der Waals surface area contributed by atoms with E-state index in [1.165, 1.54) is 27.2 Å². The van der Waals surface area contributed by atoms with Gasteiger partial charge >= 0.3 is 0 Å². The molecule has 0 aliphatic carbocycles. The van der Waals surface area contributed by atoms with Gasteiger partial charge < -0.3 is 11.2 Å². The zero-order valence-electron chi connectivity index (χ0n) is 17.3. The van der Waals surface area contributed by atoms with E-state index in [1.54, 1.807) is 0 Å². The largest absolute Gasteiger partial charge is 0.353 e. The third kappa shape index (κ3) is 5.73. The molecule has 3 rings (SSSR count). The van der Waals surface area contributed by atoms with Gasteiger partial charge in [-0.3, -0.25) is 4.79 Å². The minimum atomic E-state index is -0.00939. The lowest BCUT2D eigenvalue weighted by Crippen LogP contribution is -2.34. The number of thioether (sulfide) groups is 1. The summed E-state index contributed by atoms with van der Waals surface area (Å²) in [7, 11) is 0. The summed E-state index contributed by atoms with van der Waals surface area (Å²) in [5, 5.41) is 14.4. The molecule has 0 saturated carbocycles. The molecule has 1 amide bonds. The van der Waals surface area contributed by atoms with Crippen molar-refractivity contribution in [3.63, 3.8) is 0 Å². The zero-order chi connectivity index (χ0) is 20.8. The number of nitrogens with zero attached hydrogens (tertiary/aromatic N) is 3. The van der Waals surface area contributed by atoms with Crippen LogP contribution in [0.1, 0.15) is 45.0 Å². The second-order valence-corrected chi connectivity index (χ2v) is 8.75. The van der Waals surface area contributed by atoms with Crippen molar-refractivity contribution in [2.75, 3.05) is 11.6 Å². The van der Waals surface area contributed by atoms with E-state index >= 15 is 0 Å². The van der Waals surface area contributed by atoms with Crippen LogP contribution in [0.15, 0.2) is 47.6 Å². The molecule has 3 aromatic rings. The maximum atomic E-state index is 12.2. The Labute approximate surface area is 176 Å². The fourth-order valence-corrected chi connectivity index (χ4v) is 3.93. The number of hydrogen-bond acceptors (Lipinski definition) is 5. The van der Waals surface area contributed by atoms with E-state index in [2.05, 4.69) is 53.6 Å². The van der Waals surface area contributed by atoms with Crippen molar-refractivity contribution >= 4 is 28.4 Å². The van der Waals surface area contributed by atoms with Crippen LogP contribution in [0.4, 0.5) is 0 Å². The third-order valence-electron chi connectivity index (χ3n) is 4.88. The van der Waals surface area contributed by atoms with E-state index in [9.17, 15) is 4.79 Å². The predicted octanol–water partition coefficient (Wildman–Crippen LogP) is 3.77. The molecule has 0 aliphatic rings. The molecule has 3 N–H and O–H groups in total. The number of carbonyl (C=O) groups is 1. The van der Waals surface area contributed by atoms with Gasteiger partial charge in [0, 0.05) is 12.5 Å². The van der Waals surface area contributed by atoms with Gasteiger partial charge in [0.15, 0.2) is 5.82 Å². The molecule has 0 aliphatic heterocycles.